The van der Waals surface area contributed by atoms with E-state index in [-0.39, 0.29) is 0 Å². The quantitative estimate of drug-likeness (QED) is 0.0652. The van der Waals surface area contributed by atoms with Crippen molar-refractivity contribution in [1.82, 2.24) is 0 Å². The molecular weight excluding hydrogens is 463 g/mol. The third-order valence-electron chi connectivity index (χ3n) is 6.96. The molecule has 0 fully saturated rings. The second-order valence-corrected chi connectivity index (χ2v) is 13.4. The van der Waals surface area contributed by atoms with Crippen LogP contribution in [0.2, 0.25) is 0 Å². The molecule has 218 valence electrons. The molecule has 0 aromatic heterocycles. The van der Waals surface area contributed by atoms with Crippen molar-refractivity contribution in [3.05, 3.63) is 0 Å². The van der Waals surface area contributed by atoms with E-state index in [1.165, 1.54) is 135 Å². The van der Waals surface area contributed by atoms with Gasteiger partial charge in [-0.05, 0) is 44.2 Å². The van der Waals surface area contributed by atoms with Gasteiger partial charge in [-0.3, -0.25) is 0 Å². The monoisotopic (exact) mass is 530 g/mol. The Labute approximate surface area is 229 Å². The molecular formula is C32H67O3P. The summed E-state index contributed by atoms with van der Waals surface area (Å²) in [6.07, 6.45) is 35.6. The zero-order chi connectivity index (χ0) is 27.0. The lowest BCUT2D eigenvalue weighted by Gasteiger charge is -2.18. The average Bonchev–Trinajstić information content (AvgIpc) is 2.87. The van der Waals surface area contributed by atoms with Gasteiger partial charge in [-0.25, -0.2) is 4.79 Å². The van der Waals surface area contributed by atoms with Crippen LogP contribution in [0.4, 0.5) is 4.79 Å². The molecule has 0 radical (unpaired) electrons. The summed E-state index contributed by atoms with van der Waals surface area (Å²) in [4.78, 5) is 9.87. The number of carboxylic acid groups (broad SMARTS) is 1. The Bertz CT molecular complexity index is 365. The van der Waals surface area contributed by atoms with Gasteiger partial charge in [-0.1, -0.05) is 150 Å². The topological polar surface area (TPSA) is 46.5 Å². The largest absolute Gasteiger partial charge is 0.505 e. The Kier molecular flexibility index (Phi) is 36.5. The van der Waals surface area contributed by atoms with Gasteiger partial charge in [0, 0.05) is 0 Å². The van der Waals surface area contributed by atoms with Crippen LogP contribution in [0, 0.1) is 0 Å². The molecule has 0 unspecified atom stereocenters. The van der Waals surface area contributed by atoms with Gasteiger partial charge in [-0.15, -0.1) is 7.92 Å². The zero-order valence-corrected chi connectivity index (χ0v) is 26.2. The number of hydrogen-bond acceptors (Lipinski definition) is 2. The highest BCUT2D eigenvalue weighted by atomic mass is 31.1. The average molecular weight is 531 g/mol. The van der Waals surface area contributed by atoms with E-state index in [4.69, 9.17) is 5.11 Å². The summed E-state index contributed by atoms with van der Waals surface area (Å²) in [7, 11) is 0.366. The molecule has 36 heavy (non-hydrogen) atoms. The van der Waals surface area contributed by atoms with E-state index in [1.54, 1.807) is 18.5 Å². The molecule has 0 saturated carbocycles. The minimum Gasteiger partial charge on any atom is -0.450 e. The molecule has 0 aromatic carbocycles. The first-order valence-electron chi connectivity index (χ1n) is 16.2. The minimum absolute atomic E-state index is 0.346. The Hall–Kier alpha value is -0.300. The van der Waals surface area contributed by atoms with Gasteiger partial charge in [0.25, 0.3) is 0 Å². The van der Waals surface area contributed by atoms with Crippen LogP contribution in [0.1, 0.15) is 175 Å². The molecule has 0 aliphatic carbocycles. The summed E-state index contributed by atoms with van der Waals surface area (Å²) in [5.41, 5.74) is 0. The van der Waals surface area contributed by atoms with Gasteiger partial charge in [0.2, 0.25) is 0 Å². The highest BCUT2D eigenvalue weighted by molar-refractivity contribution is 7.57. The smallest absolute Gasteiger partial charge is 0.450 e. The van der Waals surface area contributed by atoms with Crippen LogP contribution in [-0.2, 0) is 4.74 Å². The molecule has 0 spiro atoms. The van der Waals surface area contributed by atoms with E-state index in [9.17, 15) is 4.79 Å². The van der Waals surface area contributed by atoms with Crippen LogP contribution in [-0.4, -0.2) is 36.4 Å². The van der Waals surface area contributed by atoms with Crippen molar-refractivity contribution in [1.29, 1.82) is 0 Å². The molecule has 4 heteroatoms. The fraction of sp³-hybridized carbons (Fsp3) is 0.969. The predicted octanol–water partition coefficient (Wildman–Crippen LogP) is 12.2. The van der Waals surface area contributed by atoms with Gasteiger partial charge in [0.15, 0.2) is 0 Å². The third kappa shape index (κ3) is 35.9. The van der Waals surface area contributed by atoms with Gasteiger partial charge < -0.3 is 9.84 Å². The first-order valence-corrected chi connectivity index (χ1v) is 18.1. The van der Waals surface area contributed by atoms with E-state index >= 15 is 0 Å². The number of ether oxygens (including phenoxy) is 1. The van der Waals surface area contributed by atoms with Crippen molar-refractivity contribution in [2.75, 3.05) is 25.1 Å². The second kappa shape index (κ2) is 34.7. The van der Waals surface area contributed by atoms with Crippen LogP contribution in [0.5, 0.6) is 0 Å². The van der Waals surface area contributed by atoms with E-state index in [1.807, 2.05) is 0 Å². The molecule has 0 aromatic rings. The van der Waals surface area contributed by atoms with E-state index in [0.29, 0.717) is 14.5 Å². The summed E-state index contributed by atoms with van der Waals surface area (Å²) < 4.78 is 4.34. The lowest BCUT2D eigenvalue weighted by atomic mass is 10.1. The number of hydrogen-bond donors (Lipinski definition) is 1. The summed E-state index contributed by atoms with van der Waals surface area (Å²) in [5, 5.41) is 8.09. The van der Waals surface area contributed by atoms with E-state index in [2.05, 4.69) is 32.4 Å². The van der Waals surface area contributed by atoms with Crippen molar-refractivity contribution in [2.45, 2.75) is 175 Å². The fourth-order valence-corrected chi connectivity index (χ4v) is 7.23. The maximum Gasteiger partial charge on any atom is 0.505 e. The van der Waals surface area contributed by atoms with Crippen molar-refractivity contribution >= 4 is 14.1 Å². The standard InChI is InChI=1S/C24H51P.C8H16O3/c1-4-7-10-13-16-19-22-25(23-20-17-14-11-8-5-2)24-21-18-15-12-9-6-3;1-2-3-4-5-6-7-11-8(9)10/h4-24H2,1-3H3;2-7H2,1H3,(H,9,10). The van der Waals surface area contributed by atoms with Crippen LogP contribution in [0.15, 0.2) is 0 Å². The second-order valence-electron chi connectivity index (χ2n) is 10.7. The SMILES string of the molecule is CCCCCCCCP(CCCCCCCC)CCCCCCCC.CCCCCCCOC(=O)O. The highest BCUT2D eigenvalue weighted by Crippen LogP contribution is 2.39. The van der Waals surface area contributed by atoms with Crippen molar-refractivity contribution in [2.24, 2.45) is 0 Å². The van der Waals surface area contributed by atoms with E-state index < -0.39 is 6.16 Å². The Balaban J connectivity index is 0. The Morgan fingerprint density at radius 3 is 1.06 bits per heavy atom. The lowest BCUT2D eigenvalue weighted by molar-refractivity contribution is 0.0899. The molecule has 0 amide bonds. The summed E-state index contributed by atoms with van der Waals surface area (Å²) in [6, 6.07) is 0. The predicted molar refractivity (Wildman–Crippen MR) is 164 cm³/mol. The number of unbranched alkanes of at least 4 members (excludes halogenated alkanes) is 19. The number of carbonyl (C=O) groups is 1. The molecule has 0 atom stereocenters. The van der Waals surface area contributed by atoms with Gasteiger partial charge in [0.1, 0.15) is 0 Å². The molecule has 0 aliphatic rings. The highest BCUT2D eigenvalue weighted by Gasteiger charge is 2.08. The molecule has 0 saturated heterocycles. The van der Waals surface area contributed by atoms with Gasteiger partial charge in [0.05, 0.1) is 6.61 Å². The summed E-state index contributed by atoms with van der Waals surface area (Å²) in [6.45, 7) is 9.45. The van der Waals surface area contributed by atoms with Crippen molar-refractivity contribution in [3.63, 3.8) is 0 Å². The summed E-state index contributed by atoms with van der Waals surface area (Å²) in [5.74, 6) is 0. The van der Waals surface area contributed by atoms with Crippen LogP contribution >= 0.6 is 7.92 Å². The molecule has 3 nitrogen and oxygen atoms in total. The fourth-order valence-electron chi connectivity index (χ4n) is 4.55. The van der Waals surface area contributed by atoms with E-state index in [0.717, 1.165) is 12.8 Å². The zero-order valence-electron chi connectivity index (χ0n) is 25.3. The normalized spacial score (nSPS) is 10.9. The molecule has 0 aliphatic heterocycles. The number of rotatable bonds is 27. The van der Waals surface area contributed by atoms with Crippen LogP contribution in [0.25, 0.3) is 0 Å². The third-order valence-corrected chi connectivity index (χ3v) is 9.80. The van der Waals surface area contributed by atoms with Crippen LogP contribution in [0.3, 0.4) is 0 Å². The minimum atomic E-state index is -1.17. The Morgan fingerprint density at radius 2 is 0.750 bits per heavy atom. The molecule has 1 N–H and O–H groups in total. The van der Waals surface area contributed by atoms with Crippen LogP contribution < -0.4 is 0 Å². The van der Waals surface area contributed by atoms with Crippen molar-refractivity contribution in [3.8, 4) is 0 Å². The first kappa shape index (κ1) is 37.9. The maximum absolute atomic E-state index is 9.87. The van der Waals surface area contributed by atoms with Crippen molar-refractivity contribution < 1.29 is 14.6 Å². The summed E-state index contributed by atoms with van der Waals surface area (Å²) >= 11 is 0. The maximum atomic E-state index is 9.87. The first-order chi connectivity index (χ1) is 17.6. The molecule has 0 rings (SSSR count). The molecule has 0 heterocycles. The lowest BCUT2D eigenvalue weighted by Crippen LogP contribution is -2.01. The Morgan fingerprint density at radius 1 is 0.472 bits per heavy atom. The van der Waals surface area contributed by atoms with Gasteiger partial charge in [-0.2, -0.15) is 0 Å². The van der Waals surface area contributed by atoms with Gasteiger partial charge >= 0.3 is 6.16 Å². The molecule has 0 bridgehead atoms.